The van der Waals surface area contributed by atoms with E-state index in [4.69, 9.17) is 9.78 Å². The number of benzene rings is 1. The molecule has 0 saturated carbocycles. The van der Waals surface area contributed by atoms with Gasteiger partial charge < -0.3 is 4.52 Å². The van der Waals surface area contributed by atoms with Crippen LogP contribution in [0.3, 0.4) is 0 Å². The summed E-state index contributed by atoms with van der Waals surface area (Å²) in [7, 11) is 0. The molecular weight excluding hydrogens is 210 g/mol. The van der Waals surface area contributed by atoms with Crippen molar-refractivity contribution < 1.29 is 4.52 Å². The van der Waals surface area contributed by atoms with Crippen molar-refractivity contribution in [2.45, 2.75) is 5.75 Å². The van der Waals surface area contributed by atoms with Crippen LogP contribution in [0.4, 0.5) is 0 Å². The maximum absolute atomic E-state index is 8.37. The molecule has 74 valence electrons. The number of nitrogens with zero attached hydrogens (tertiary/aromatic N) is 3. The number of thiocyanates is 1. The van der Waals surface area contributed by atoms with Gasteiger partial charge in [-0.2, -0.15) is 10.2 Å². The zero-order valence-corrected chi connectivity index (χ0v) is 8.57. The monoisotopic (exact) mass is 217 g/mol. The fourth-order valence-electron chi connectivity index (χ4n) is 1.11. The summed E-state index contributed by atoms with van der Waals surface area (Å²) in [5.74, 6) is 1.46. The van der Waals surface area contributed by atoms with Crippen LogP contribution in [0.25, 0.3) is 11.4 Å². The molecule has 2 rings (SSSR count). The number of rotatable bonds is 3. The van der Waals surface area contributed by atoms with Crippen molar-refractivity contribution in [2.75, 3.05) is 0 Å². The van der Waals surface area contributed by atoms with Gasteiger partial charge in [0.05, 0.1) is 5.75 Å². The Balaban J connectivity index is 2.18. The number of thioether (sulfide) groups is 1. The smallest absolute Gasteiger partial charge is 0.238 e. The van der Waals surface area contributed by atoms with Crippen LogP contribution in [-0.2, 0) is 5.75 Å². The van der Waals surface area contributed by atoms with Crippen molar-refractivity contribution >= 4 is 11.8 Å². The van der Waals surface area contributed by atoms with Crippen LogP contribution in [0.2, 0.25) is 0 Å². The Morgan fingerprint density at radius 3 is 2.87 bits per heavy atom. The van der Waals surface area contributed by atoms with E-state index in [0.29, 0.717) is 17.5 Å². The predicted molar refractivity (Wildman–Crippen MR) is 56.6 cm³/mol. The van der Waals surface area contributed by atoms with Crippen LogP contribution in [-0.4, -0.2) is 10.1 Å². The van der Waals surface area contributed by atoms with Crippen LogP contribution < -0.4 is 0 Å². The van der Waals surface area contributed by atoms with Gasteiger partial charge in [0.2, 0.25) is 11.7 Å². The largest absolute Gasteiger partial charge is 0.338 e. The highest BCUT2D eigenvalue weighted by Crippen LogP contribution is 2.16. The normalized spacial score (nSPS) is 9.80. The summed E-state index contributed by atoms with van der Waals surface area (Å²) in [5.41, 5.74) is 0.912. The summed E-state index contributed by atoms with van der Waals surface area (Å²) < 4.78 is 4.99. The molecule has 0 atom stereocenters. The SMILES string of the molecule is N#CSCc1nc(-c2ccccc2)no1. The first-order valence-corrected chi connectivity index (χ1v) is 5.27. The van der Waals surface area contributed by atoms with Crippen LogP contribution in [0.15, 0.2) is 34.9 Å². The molecule has 4 nitrogen and oxygen atoms in total. The maximum atomic E-state index is 8.37. The Morgan fingerprint density at radius 2 is 2.13 bits per heavy atom. The summed E-state index contributed by atoms with van der Waals surface area (Å²) in [6.07, 6.45) is 0. The molecule has 0 spiro atoms. The highest BCUT2D eigenvalue weighted by atomic mass is 32.2. The first-order valence-electron chi connectivity index (χ1n) is 4.29. The van der Waals surface area contributed by atoms with Crippen LogP contribution in [0.1, 0.15) is 5.89 Å². The molecule has 0 saturated heterocycles. The van der Waals surface area contributed by atoms with Crippen molar-refractivity contribution in [3.8, 4) is 16.8 Å². The maximum Gasteiger partial charge on any atom is 0.238 e. The molecule has 0 aliphatic carbocycles. The van der Waals surface area contributed by atoms with Crippen molar-refractivity contribution in [1.82, 2.24) is 10.1 Å². The quantitative estimate of drug-likeness (QED) is 0.739. The lowest BCUT2D eigenvalue weighted by atomic mass is 10.2. The minimum absolute atomic E-state index is 0.427. The van der Waals surface area contributed by atoms with Crippen LogP contribution in [0, 0.1) is 10.7 Å². The molecule has 0 N–H and O–H groups in total. The zero-order valence-electron chi connectivity index (χ0n) is 7.75. The third-order valence-electron chi connectivity index (χ3n) is 1.76. The standard InChI is InChI=1S/C10H7N3OS/c11-7-15-6-9-12-10(13-14-9)8-4-2-1-3-5-8/h1-5H,6H2. The summed E-state index contributed by atoms with van der Waals surface area (Å²) in [6.45, 7) is 0. The highest BCUT2D eigenvalue weighted by Gasteiger charge is 2.07. The molecule has 0 unspecified atom stereocenters. The Morgan fingerprint density at radius 1 is 1.33 bits per heavy atom. The van der Waals surface area contributed by atoms with Crippen LogP contribution >= 0.6 is 11.8 Å². The van der Waals surface area contributed by atoms with Gasteiger partial charge in [0.1, 0.15) is 5.40 Å². The highest BCUT2D eigenvalue weighted by molar-refractivity contribution is 8.02. The average molecular weight is 217 g/mol. The van der Waals surface area contributed by atoms with Gasteiger partial charge in [-0.15, -0.1) is 0 Å². The summed E-state index contributed by atoms with van der Waals surface area (Å²) in [5, 5.41) is 14.2. The summed E-state index contributed by atoms with van der Waals surface area (Å²) in [6, 6.07) is 9.57. The molecule has 5 heteroatoms. The Kier molecular flexibility index (Phi) is 3.00. The molecule has 0 aliphatic rings. The molecule has 1 aromatic carbocycles. The Labute approximate surface area is 90.9 Å². The predicted octanol–water partition coefficient (Wildman–Crippen LogP) is 2.45. The molecule has 2 aromatic rings. The van der Waals surface area contributed by atoms with Gasteiger partial charge in [-0.3, -0.25) is 0 Å². The summed E-state index contributed by atoms with van der Waals surface area (Å²) in [4.78, 5) is 4.17. The second-order valence-corrected chi connectivity index (χ2v) is 3.52. The van der Waals surface area contributed by atoms with Gasteiger partial charge in [-0.05, 0) is 11.8 Å². The first-order chi connectivity index (χ1) is 7.40. The van der Waals surface area contributed by atoms with Gasteiger partial charge in [0, 0.05) is 5.56 Å². The first kappa shape index (κ1) is 9.74. The second kappa shape index (κ2) is 4.62. The van der Waals surface area contributed by atoms with E-state index < -0.39 is 0 Å². The summed E-state index contributed by atoms with van der Waals surface area (Å²) >= 11 is 1.08. The lowest BCUT2D eigenvalue weighted by Crippen LogP contribution is -1.81. The van der Waals surface area contributed by atoms with Crippen molar-refractivity contribution in [1.29, 1.82) is 5.26 Å². The van der Waals surface area contributed by atoms with E-state index in [-0.39, 0.29) is 0 Å². The molecule has 0 radical (unpaired) electrons. The van der Waals surface area contributed by atoms with Gasteiger partial charge >= 0.3 is 0 Å². The number of nitriles is 1. The van der Waals surface area contributed by atoms with E-state index in [2.05, 4.69) is 10.1 Å². The Bertz CT molecular complexity index is 475. The second-order valence-electron chi connectivity index (χ2n) is 2.76. The average Bonchev–Trinajstić information content (AvgIpc) is 2.76. The number of aromatic nitrogens is 2. The minimum Gasteiger partial charge on any atom is -0.338 e. The fourth-order valence-corrected chi connectivity index (χ4v) is 1.42. The fraction of sp³-hybridized carbons (Fsp3) is 0.100. The van der Waals surface area contributed by atoms with Crippen LogP contribution in [0.5, 0.6) is 0 Å². The van der Waals surface area contributed by atoms with E-state index in [1.807, 2.05) is 35.7 Å². The van der Waals surface area contributed by atoms with E-state index in [1.54, 1.807) is 0 Å². The van der Waals surface area contributed by atoms with E-state index in [9.17, 15) is 0 Å². The third kappa shape index (κ3) is 2.36. The van der Waals surface area contributed by atoms with Crippen molar-refractivity contribution in [2.24, 2.45) is 0 Å². The molecule has 1 heterocycles. The van der Waals surface area contributed by atoms with E-state index >= 15 is 0 Å². The van der Waals surface area contributed by atoms with E-state index in [1.165, 1.54) is 0 Å². The van der Waals surface area contributed by atoms with Gasteiger partial charge in [0.15, 0.2) is 0 Å². The van der Waals surface area contributed by atoms with Gasteiger partial charge in [-0.25, -0.2) is 0 Å². The topological polar surface area (TPSA) is 62.7 Å². The molecule has 1 aromatic heterocycles. The molecule has 0 fully saturated rings. The molecule has 15 heavy (non-hydrogen) atoms. The molecule has 0 amide bonds. The molecule has 0 bridgehead atoms. The third-order valence-corrected chi connectivity index (χ3v) is 2.28. The van der Waals surface area contributed by atoms with Crippen molar-refractivity contribution in [3.05, 3.63) is 36.2 Å². The zero-order chi connectivity index (χ0) is 10.5. The van der Waals surface area contributed by atoms with Gasteiger partial charge in [-0.1, -0.05) is 35.5 Å². The lowest BCUT2D eigenvalue weighted by molar-refractivity contribution is 0.392. The van der Waals surface area contributed by atoms with E-state index in [0.717, 1.165) is 17.3 Å². The number of hydrogen-bond donors (Lipinski definition) is 0. The molecular formula is C10H7N3OS. The molecule has 0 aliphatic heterocycles. The number of hydrogen-bond acceptors (Lipinski definition) is 5. The lowest BCUT2D eigenvalue weighted by Gasteiger charge is -1.90. The van der Waals surface area contributed by atoms with Crippen molar-refractivity contribution in [3.63, 3.8) is 0 Å². The Hall–Kier alpha value is -1.80. The van der Waals surface area contributed by atoms with Gasteiger partial charge in [0.25, 0.3) is 0 Å². The minimum atomic E-state index is 0.427.